The maximum atomic E-state index is 13.0. The summed E-state index contributed by atoms with van der Waals surface area (Å²) in [4.78, 5) is 15.0. The van der Waals surface area contributed by atoms with Gasteiger partial charge >= 0.3 is 0 Å². The van der Waals surface area contributed by atoms with Crippen molar-refractivity contribution in [1.29, 1.82) is 0 Å². The number of hydrogen-bond acceptors (Lipinski definition) is 3. The van der Waals surface area contributed by atoms with Crippen LogP contribution < -0.4 is 5.32 Å². The average Bonchev–Trinajstić information content (AvgIpc) is 3.07. The first-order valence-electron chi connectivity index (χ1n) is 8.67. The van der Waals surface area contributed by atoms with E-state index in [9.17, 15) is 9.90 Å². The molecule has 130 valence electrons. The van der Waals surface area contributed by atoms with E-state index in [2.05, 4.69) is 27.3 Å². The van der Waals surface area contributed by atoms with E-state index in [0.29, 0.717) is 6.42 Å². The van der Waals surface area contributed by atoms with Crippen LogP contribution in [0.2, 0.25) is 0 Å². The number of carbonyl (C=O) groups excluding carboxylic acids is 1. The van der Waals surface area contributed by atoms with Crippen molar-refractivity contribution in [2.24, 2.45) is 5.92 Å². The Morgan fingerprint density at radius 1 is 1.24 bits per heavy atom. The molecular formula is C20H21BrN2O2. The summed E-state index contributed by atoms with van der Waals surface area (Å²) >= 11 is 3.55. The number of halogens is 1. The van der Waals surface area contributed by atoms with Crippen LogP contribution in [0.1, 0.15) is 23.6 Å². The Morgan fingerprint density at radius 3 is 2.80 bits per heavy atom. The normalized spacial score (nSPS) is 24.4. The molecule has 0 aliphatic carbocycles. The third kappa shape index (κ3) is 3.07. The molecule has 2 aromatic carbocycles. The highest BCUT2D eigenvalue weighted by Gasteiger charge is 2.45. The smallest absolute Gasteiger partial charge is 0.227 e. The van der Waals surface area contributed by atoms with E-state index in [1.165, 1.54) is 0 Å². The molecule has 0 saturated carbocycles. The number of aliphatic hydroxyl groups is 1. The Bertz CT molecular complexity index is 781. The minimum absolute atomic E-state index is 0.00630. The number of benzene rings is 2. The van der Waals surface area contributed by atoms with Gasteiger partial charge in [0, 0.05) is 22.6 Å². The Kier molecular flexibility index (Phi) is 4.52. The van der Waals surface area contributed by atoms with Gasteiger partial charge in [-0.25, -0.2) is 0 Å². The number of nitrogens with zero attached hydrogens (tertiary/aromatic N) is 1. The molecule has 0 spiro atoms. The fourth-order valence-electron chi connectivity index (χ4n) is 4.19. The predicted octanol–water partition coefficient (Wildman–Crippen LogP) is 3.37. The Labute approximate surface area is 156 Å². The number of fused-ring (bicyclic) bond motifs is 3. The fraction of sp³-hybridized carbons (Fsp3) is 0.350. The summed E-state index contributed by atoms with van der Waals surface area (Å²) in [6, 6.07) is 16.0. The zero-order chi connectivity index (χ0) is 17.4. The van der Waals surface area contributed by atoms with E-state index in [1.807, 2.05) is 47.4 Å². The second-order valence-corrected chi connectivity index (χ2v) is 7.73. The van der Waals surface area contributed by atoms with Crippen LogP contribution in [0.5, 0.6) is 0 Å². The third-order valence-corrected chi connectivity index (χ3v) is 5.84. The van der Waals surface area contributed by atoms with Crippen LogP contribution >= 0.6 is 15.9 Å². The highest BCUT2D eigenvalue weighted by molar-refractivity contribution is 9.10. The van der Waals surface area contributed by atoms with Crippen LogP contribution in [0.3, 0.4) is 0 Å². The van der Waals surface area contributed by atoms with Crippen LogP contribution in [-0.4, -0.2) is 35.1 Å². The lowest BCUT2D eigenvalue weighted by Gasteiger charge is -2.39. The Hall–Kier alpha value is -1.85. The summed E-state index contributed by atoms with van der Waals surface area (Å²) in [5.74, 6) is 0.398. The molecule has 1 fully saturated rings. The van der Waals surface area contributed by atoms with Gasteiger partial charge in [-0.1, -0.05) is 46.3 Å². The van der Waals surface area contributed by atoms with Gasteiger partial charge in [0.1, 0.15) is 0 Å². The SMILES string of the molecule is O=C(Cc1ccccc1)N1CC[C@H]2[C@H](CO)Nc3ccc(Br)cc3[C@H]21. The lowest BCUT2D eigenvalue weighted by molar-refractivity contribution is -0.131. The van der Waals surface area contributed by atoms with Crippen molar-refractivity contribution in [3.05, 3.63) is 64.1 Å². The summed E-state index contributed by atoms with van der Waals surface area (Å²) in [6.45, 7) is 0.822. The third-order valence-electron chi connectivity index (χ3n) is 5.35. The highest BCUT2D eigenvalue weighted by Crippen LogP contribution is 2.47. The zero-order valence-electron chi connectivity index (χ0n) is 13.9. The molecule has 5 heteroatoms. The fourth-order valence-corrected chi connectivity index (χ4v) is 4.56. The molecule has 2 aliphatic heterocycles. The minimum Gasteiger partial charge on any atom is -0.394 e. The van der Waals surface area contributed by atoms with Gasteiger partial charge in [-0.15, -0.1) is 0 Å². The van der Waals surface area contributed by atoms with Crippen molar-refractivity contribution >= 4 is 27.5 Å². The monoisotopic (exact) mass is 400 g/mol. The molecule has 2 N–H and O–H groups in total. The van der Waals surface area contributed by atoms with Crippen LogP contribution in [0.4, 0.5) is 5.69 Å². The number of carbonyl (C=O) groups is 1. The maximum Gasteiger partial charge on any atom is 0.227 e. The lowest BCUT2D eigenvalue weighted by Crippen LogP contribution is -2.43. The summed E-state index contributed by atoms with van der Waals surface area (Å²) < 4.78 is 1.01. The molecule has 4 nitrogen and oxygen atoms in total. The molecule has 0 radical (unpaired) electrons. The summed E-state index contributed by atoms with van der Waals surface area (Å²) in [5, 5.41) is 13.2. The molecule has 2 aliphatic rings. The van der Waals surface area contributed by atoms with Crippen molar-refractivity contribution in [3.8, 4) is 0 Å². The maximum absolute atomic E-state index is 13.0. The average molecular weight is 401 g/mol. The van der Waals surface area contributed by atoms with Gasteiger partial charge in [-0.3, -0.25) is 4.79 Å². The van der Waals surface area contributed by atoms with Gasteiger partial charge in [0.25, 0.3) is 0 Å². The second-order valence-electron chi connectivity index (χ2n) is 6.81. The molecule has 2 heterocycles. The highest BCUT2D eigenvalue weighted by atomic mass is 79.9. The molecule has 25 heavy (non-hydrogen) atoms. The molecule has 1 saturated heterocycles. The number of nitrogens with one attached hydrogen (secondary N) is 1. The topological polar surface area (TPSA) is 52.6 Å². The number of aliphatic hydroxyl groups excluding tert-OH is 1. The summed E-state index contributed by atoms with van der Waals surface area (Å²) in [5.41, 5.74) is 3.20. The van der Waals surface area contributed by atoms with Crippen molar-refractivity contribution in [2.75, 3.05) is 18.5 Å². The van der Waals surface area contributed by atoms with E-state index in [4.69, 9.17) is 0 Å². The first-order valence-corrected chi connectivity index (χ1v) is 9.47. The summed E-state index contributed by atoms with van der Waals surface area (Å²) in [6.07, 6.45) is 1.33. The molecule has 4 rings (SSSR count). The predicted molar refractivity (Wildman–Crippen MR) is 101 cm³/mol. The van der Waals surface area contributed by atoms with Gasteiger partial charge in [0.2, 0.25) is 5.91 Å². The van der Waals surface area contributed by atoms with Crippen LogP contribution in [0.15, 0.2) is 53.0 Å². The molecule has 0 bridgehead atoms. The van der Waals surface area contributed by atoms with Crippen LogP contribution in [0.25, 0.3) is 0 Å². The van der Waals surface area contributed by atoms with E-state index in [0.717, 1.165) is 34.3 Å². The first-order chi connectivity index (χ1) is 12.2. The van der Waals surface area contributed by atoms with Gasteiger partial charge in [0.15, 0.2) is 0 Å². The number of rotatable bonds is 3. The van der Waals surface area contributed by atoms with Gasteiger partial charge in [-0.05, 0) is 35.7 Å². The quantitative estimate of drug-likeness (QED) is 0.830. The van der Waals surface area contributed by atoms with Crippen LogP contribution in [0, 0.1) is 5.92 Å². The van der Waals surface area contributed by atoms with Crippen molar-refractivity contribution in [1.82, 2.24) is 4.90 Å². The number of amides is 1. The van der Waals surface area contributed by atoms with Crippen molar-refractivity contribution in [3.63, 3.8) is 0 Å². The first kappa shape index (κ1) is 16.6. The van der Waals surface area contributed by atoms with Crippen LogP contribution in [-0.2, 0) is 11.2 Å². The Morgan fingerprint density at radius 2 is 2.04 bits per heavy atom. The van der Waals surface area contributed by atoms with Gasteiger partial charge < -0.3 is 15.3 Å². The lowest BCUT2D eigenvalue weighted by atomic mass is 9.83. The minimum atomic E-state index is -0.00630. The van der Waals surface area contributed by atoms with E-state index in [1.54, 1.807) is 0 Å². The number of likely N-dealkylation sites (tertiary alicyclic amines) is 1. The van der Waals surface area contributed by atoms with Gasteiger partial charge in [-0.2, -0.15) is 0 Å². The number of anilines is 1. The molecule has 0 aromatic heterocycles. The second kappa shape index (κ2) is 6.81. The van der Waals surface area contributed by atoms with E-state index < -0.39 is 0 Å². The molecule has 3 atom stereocenters. The van der Waals surface area contributed by atoms with Crippen molar-refractivity contribution in [2.45, 2.75) is 24.9 Å². The van der Waals surface area contributed by atoms with E-state index in [-0.39, 0.29) is 30.5 Å². The van der Waals surface area contributed by atoms with Gasteiger partial charge in [0.05, 0.1) is 25.1 Å². The summed E-state index contributed by atoms with van der Waals surface area (Å²) in [7, 11) is 0. The molecule has 2 aromatic rings. The standard InChI is InChI=1S/C20H21BrN2O2/c21-14-6-7-17-16(11-14)20-15(18(12-24)22-17)8-9-23(20)19(25)10-13-4-2-1-3-5-13/h1-7,11,15,18,20,22,24H,8-10,12H2/t15-,18-,20-/m0/s1. The number of hydrogen-bond donors (Lipinski definition) is 2. The zero-order valence-corrected chi connectivity index (χ0v) is 15.4. The Balaban J connectivity index is 1.66. The molecular weight excluding hydrogens is 380 g/mol. The van der Waals surface area contributed by atoms with E-state index >= 15 is 0 Å². The largest absolute Gasteiger partial charge is 0.394 e. The molecule has 1 amide bonds. The molecule has 0 unspecified atom stereocenters. The van der Waals surface area contributed by atoms with Crippen molar-refractivity contribution < 1.29 is 9.90 Å².